The van der Waals surface area contributed by atoms with Crippen LogP contribution in [-0.4, -0.2) is 16.8 Å². The number of aromatic nitrogens is 1. The molecule has 5 nitrogen and oxygen atoms in total. The molecule has 1 atom stereocenters. The largest absolute Gasteiger partial charge is 0.366 e. The summed E-state index contributed by atoms with van der Waals surface area (Å²) in [6, 6.07) is 19.7. The van der Waals surface area contributed by atoms with Gasteiger partial charge < -0.3 is 11.1 Å². The topological polar surface area (TPSA) is 85.1 Å². The summed E-state index contributed by atoms with van der Waals surface area (Å²) >= 11 is 6.04. The van der Waals surface area contributed by atoms with Gasteiger partial charge in [-0.3, -0.25) is 14.6 Å². The van der Waals surface area contributed by atoms with E-state index in [-0.39, 0.29) is 18.7 Å². The predicted octanol–water partition coefficient (Wildman–Crippen LogP) is 5.42. The molecule has 8 heteroatoms. The summed E-state index contributed by atoms with van der Waals surface area (Å²) in [7, 11) is 0. The maximum absolute atomic E-state index is 13.9. The van der Waals surface area contributed by atoms with Gasteiger partial charge in [0, 0.05) is 28.4 Å². The highest BCUT2D eigenvalue weighted by molar-refractivity contribution is 6.30. The van der Waals surface area contributed by atoms with E-state index in [1.54, 1.807) is 66.9 Å². The van der Waals surface area contributed by atoms with Crippen LogP contribution in [0.1, 0.15) is 33.2 Å². The zero-order valence-electron chi connectivity index (χ0n) is 19.0. The minimum absolute atomic E-state index is 0.0495. The highest BCUT2D eigenvalue weighted by Crippen LogP contribution is 2.30. The van der Waals surface area contributed by atoms with Gasteiger partial charge in [-0.05, 0) is 65.6 Å². The molecule has 2 amide bonds. The number of carbonyl (C=O) groups excluding carboxylic acids is 2. The summed E-state index contributed by atoms with van der Waals surface area (Å²) in [4.78, 5) is 29.3. The predicted molar refractivity (Wildman–Crippen MR) is 134 cm³/mol. The zero-order valence-corrected chi connectivity index (χ0v) is 19.8. The quantitative estimate of drug-likeness (QED) is 0.335. The normalized spacial score (nSPS) is 11.6. The Balaban J connectivity index is 1.72. The first-order chi connectivity index (χ1) is 17.3. The number of nitrogens with one attached hydrogen (secondary N) is 1. The Hall–Kier alpha value is -4.10. The summed E-state index contributed by atoms with van der Waals surface area (Å²) in [6.07, 6.45) is 1.70. The maximum atomic E-state index is 13.9. The molecule has 0 unspecified atom stereocenters. The number of pyridine rings is 1. The minimum atomic E-state index is -0.730. The second-order valence-electron chi connectivity index (χ2n) is 8.29. The van der Waals surface area contributed by atoms with Crippen molar-refractivity contribution >= 4 is 23.4 Å². The number of nitrogens with two attached hydrogens (primary N) is 1. The summed E-state index contributed by atoms with van der Waals surface area (Å²) < 4.78 is 27.9. The van der Waals surface area contributed by atoms with E-state index < -0.39 is 23.6 Å². The first-order valence-electron chi connectivity index (χ1n) is 11.1. The Bertz CT molecular complexity index is 1410. The van der Waals surface area contributed by atoms with Gasteiger partial charge in [0.05, 0.1) is 18.2 Å². The molecule has 0 bridgehead atoms. The number of hydrogen-bond donors (Lipinski definition) is 2. The van der Waals surface area contributed by atoms with Gasteiger partial charge in [0.1, 0.15) is 11.6 Å². The standard InChI is InChI=1S/C28H22ClF2N3O2/c29-21-7-1-4-17(10-21)14-26(35)34-25(13-18-11-22(30)16-23(31)12-18)27-24(8-3-9-33-27)19-5-2-6-20(15-19)28(32)36/h1-12,15-16,25H,13-14H2,(H2,32,36)(H,34,35)/t25-/m0/s1. The molecule has 3 aromatic carbocycles. The molecule has 0 saturated carbocycles. The average Bonchev–Trinajstić information content (AvgIpc) is 2.83. The first kappa shape index (κ1) is 25.0. The number of benzene rings is 3. The highest BCUT2D eigenvalue weighted by Gasteiger charge is 2.22. The lowest BCUT2D eigenvalue weighted by Gasteiger charge is -2.22. The van der Waals surface area contributed by atoms with Crippen LogP contribution in [0.5, 0.6) is 0 Å². The number of hydrogen-bond acceptors (Lipinski definition) is 3. The van der Waals surface area contributed by atoms with Crippen molar-refractivity contribution in [2.24, 2.45) is 5.73 Å². The second kappa shape index (κ2) is 11.1. The average molecular weight is 506 g/mol. The number of rotatable bonds is 8. The SMILES string of the molecule is NC(=O)c1cccc(-c2cccnc2[C@H](Cc2cc(F)cc(F)c2)NC(=O)Cc2cccc(Cl)c2)c1. The van der Waals surface area contributed by atoms with E-state index in [4.69, 9.17) is 17.3 Å². The van der Waals surface area contributed by atoms with Crippen molar-refractivity contribution in [1.29, 1.82) is 0 Å². The van der Waals surface area contributed by atoms with Crippen LogP contribution in [0.4, 0.5) is 8.78 Å². The molecule has 36 heavy (non-hydrogen) atoms. The number of halogens is 3. The molecule has 0 aliphatic rings. The van der Waals surface area contributed by atoms with Crippen LogP contribution in [0.3, 0.4) is 0 Å². The Morgan fingerprint density at radius 2 is 1.67 bits per heavy atom. The van der Waals surface area contributed by atoms with Gasteiger partial charge in [0.25, 0.3) is 0 Å². The van der Waals surface area contributed by atoms with Crippen molar-refractivity contribution in [3.05, 3.63) is 124 Å². The first-order valence-corrected chi connectivity index (χ1v) is 11.5. The van der Waals surface area contributed by atoms with Crippen LogP contribution < -0.4 is 11.1 Å². The van der Waals surface area contributed by atoms with E-state index in [9.17, 15) is 18.4 Å². The molecule has 4 rings (SSSR count). The van der Waals surface area contributed by atoms with E-state index in [1.807, 2.05) is 0 Å². The summed E-state index contributed by atoms with van der Waals surface area (Å²) in [5, 5.41) is 3.46. The number of amides is 2. The van der Waals surface area contributed by atoms with Gasteiger partial charge in [-0.1, -0.05) is 41.9 Å². The van der Waals surface area contributed by atoms with E-state index in [0.717, 1.165) is 6.07 Å². The Labute approximate surface area is 211 Å². The molecule has 0 radical (unpaired) electrons. The number of carbonyl (C=O) groups is 2. The molecule has 0 saturated heterocycles. The van der Waals surface area contributed by atoms with Crippen molar-refractivity contribution in [1.82, 2.24) is 10.3 Å². The minimum Gasteiger partial charge on any atom is -0.366 e. The maximum Gasteiger partial charge on any atom is 0.248 e. The molecule has 0 aliphatic carbocycles. The monoisotopic (exact) mass is 505 g/mol. The third-order valence-electron chi connectivity index (χ3n) is 5.58. The van der Waals surface area contributed by atoms with Crippen LogP contribution in [-0.2, 0) is 17.6 Å². The third-order valence-corrected chi connectivity index (χ3v) is 5.81. The lowest BCUT2D eigenvalue weighted by Crippen LogP contribution is -2.32. The van der Waals surface area contributed by atoms with Crippen LogP contribution >= 0.6 is 11.6 Å². The van der Waals surface area contributed by atoms with Crippen molar-refractivity contribution in [2.75, 3.05) is 0 Å². The van der Waals surface area contributed by atoms with Crippen molar-refractivity contribution in [3.63, 3.8) is 0 Å². The van der Waals surface area contributed by atoms with E-state index in [1.165, 1.54) is 12.1 Å². The van der Waals surface area contributed by atoms with Gasteiger partial charge in [0.2, 0.25) is 11.8 Å². The fraction of sp³-hybridized carbons (Fsp3) is 0.107. The molecule has 1 heterocycles. The van der Waals surface area contributed by atoms with Gasteiger partial charge in [-0.2, -0.15) is 0 Å². The van der Waals surface area contributed by atoms with Gasteiger partial charge in [-0.25, -0.2) is 8.78 Å². The smallest absolute Gasteiger partial charge is 0.248 e. The van der Waals surface area contributed by atoms with Crippen molar-refractivity contribution < 1.29 is 18.4 Å². The third kappa shape index (κ3) is 6.31. The molecular weight excluding hydrogens is 484 g/mol. The Kier molecular flexibility index (Phi) is 7.71. The lowest BCUT2D eigenvalue weighted by atomic mass is 9.94. The lowest BCUT2D eigenvalue weighted by molar-refractivity contribution is -0.121. The number of primary amides is 1. The van der Waals surface area contributed by atoms with Gasteiger partial charge in [-0.15, -0.1) is 0 Å². The molecular formula is C28H22ClF2N3O2. The Morgan fingerprint density at radius 3 is 2.39 bits per heavy atom. The van der Waals surface area contributed by atoms with Gasteiger partial charge >= 0.3 is 0 Å². The van der Waals surface area contributed by atoms with Crippen LogP contribution in [0.2, 0.25) is 5.02 Å². The van der Waals surface area contributed by atoms with E-state index >= 15 is 0 Å². The van der Waals surface area contributed by atoms with Crippen LogP contribution in [0, 0.1) is 11.6 Å². The van der Waals surface area contributed by atoms with E-state index in [0.29, 0.717) is 38.5 Å². The number of nitrogens with zero attached hydrogens (tertiary/aromatic N) is 1. The summed E-state index contributed by atoms with van der Waals surface area (Å²) in [6.45, 7) is 0. The van der Waals surface area contributed by atoms with Gasteiger partial charge in [0.15, 0.2) is 0 Å². The summed E-state index contributed by atoms with van der Waals surface area (Å²) in [5.74, 6) is -2.33. The molecule has 4 aromatic rings. The molecule has 182 valence electrons. The molecule has 1 aromatic heterocycles. The zero-order chi connectivity index (χ0) is 25.7. The van der Waals surface area contributed by atoms with E-state index in [2.05, 4.69) is 10.3 Å². The van der Waals surface area contributed by atoms with Crippen LogP contribution in [0.15, 0.2) is 85.1 Å². The van der Waals surface area contributed by atoms with Crippen molar-refractivity contribution in [3.8, 4) is 11.1 Å². The summed E-state index contributed by atoms with van der Waals surface area (Å²) in [5.41, 5.74) is 8.61. The highest BCUT2D eigenvalue weighted by atomic mass is 35.5. The molecule has 0 spiro atoms. The van der Waals surface area contributed by atoms with Crippen LogP contribution in [0.25, 0.3) is 11.1 Å². The Morgan fingerprint density at radius 1 is 0.917 bits per heavy atom. The van der Waals surface area contributed by atoms with Crippen molar-refractivity contribution in [2.45, 2.75) is 18.9 Å². The fourth-order valence-electron chi connectivity index (χ4n) is 4.04. The second-order valence-corrected chi connectivity index (χ2v) is 8.73. The molecule has 0 fully saturated rings. The molecule has 3 N–H and O–H groups in total. The molecule has 0 aliphatic heterocycles. The fourth-order valence-corrected chi connectivity index (χ4v) is 4.25.